The van der Waals surface area contributed by atoms with Gasteiger partial charge in [-0.2, -0.15) is 0 Å². The molecule has 0 atom stereocenters. The van der Waals surface area contributed by atoms with Crippen molar-refractivity contribution in [2.24, 2.45) is 0 Å². The molecule has 22 heavy (non-hydrogen) atoms. The van der Waals surface area contributed by atoms with Crippen molar-refractivity contribution in [3.05, 3.63) is 65.0 Å². The normalized spacial score (nSPS) is 13.1. The van der Waals surface area contributed by atoms with E-state index in [0.29, 0.717) is 25.4 Å². The minimum atomic E-state index is -0.444. The molecule has 0 spiro atoms. The van der Waals surface area contributed by atoms with Gasteiger partial charge in [0.2, 0.25) is 0 Å². The number of amides is 1. The maximum Gasteiger partial charge on any atom is 0.356 e. The number of nitrogens with zero attached hydrogens (tertiary/aromatic N) is 2. The monoisotopic (exact) mass is 296 g/mol. The fraction of sp³-hybridized carbons (Fsp3) is 0.235. The zero-order valence-electron chi connectivity index (χ0n) is 12.3. The molecular formula is C17H16N2O3. The molecule has 1 amide bonds. The van der Waals surface area contributed by atoms with E-state index in [1.807, 2.05) is 24.3 Å². The van der Waals surface area contributed by atoms with Crippen LogP contribution in [0.15, 0.2) is 42.5 Å². The van der Waals surface area contributed by atoms with Crippen LogP contribution in [-0.4, -0.2) is 28.4 Å². The van der Waals surface area contributed by atoms with E-state index < -0.39 is 5.97 Å². The zero-order chi connectivity index (χ0) is 15.5. The number of fused-ring (bicyclic) bond motifs is 1. The summed E-state index contributed by atoms with van der Waals surface area (Å²) in [7, 11) is 0. The van der Waals surface area contributed by atoms with Gasteiger partial charge in [-0.25, -0.2) is 9.78 Å². The van der Waals surface area contributed by atoms with Gasteiger partial charge in [0.25, 0.3) is 5.91 Å². The second kappa shape index (κ2) is 5.97. The summed E-state index contributed by atoms with van der Waals surface area (Å²) in [6, 6.07) is 12.7. The fourth-order valence-electron chi connectivity index (χ4n) is 2.52. The number of carbonyl (C=O) groups is 2. The van der Waals surface area contributed by atoms with Crippen LogP contribution in [0.2, 0.25) is 0 Å². The first kappa shape index (κ1) is 14.3. The summed E-state index contributed by atoms with van der Waals surface area (Å²) in [4.78, 5) is 30.0. The molecule has 1 aromatic carbocycles. The van der Waals surface area contributed by atoms with Crippen LogP contribution in [0.5, 0.6) is 0 Å². The number of rotatable bonds is 4. The minimum Gasteiger partial charge on any atom is -0.461 e. The first-order chi connectivity index (χ1) is 10.7. The molecule has 0 N–H and O–H groups in total. The molecule has 5 nitrogen and oxygen atoms in total. The third kappa shape index (κ3) is 2.70. The van der Waals surface area contributed by atoms with Gasteiger partial charge in [-0.1, -0.05) is 24.3 Å². The molecule has 0 bridgehead atoms. The SMILES string of the molecule is CCOC(=O)c1cccc(CN2Cc3ccccc3C2=O)n1. The Bertz CT molecular complexity index is 727. The van der Waals surface area contributed by atoms with Crippen molar-refractivity contribution in [2.45, 2.75) is 20.0 Å². The first-order valence-corrected chi connectivity index (χ1v) is 7.19. The second-order valence-corrected chi connectivity index (χ2v) is 5.05. The number of hydrogen-bond donors (Lipinski definition) is 0. The van der Waals surface area contributed by atoms with E-state index >= 15 is 0 Å². The van der Waals surface area contributed by atoms with E-state index in [1.54, 1.807) is 30.0 Å². The lowest BCUT2D eigenvalue weighted by molar-refractivity contribution is 0.0519. The number of hydrogen-bond acceptors (Lipinski definition) is 4. The molecule has 0 radical (unpaired) electrons. The van der Waals surface area contributed by atoms with Gasteiger partial charge < -0.3 is 9.64 Å². The Kier molecular flexibility index (Phi) is 3.87. The van der Waals surface area contributed by atoms with E-state index in [4.69, 9.17) is 4.74 Å². The lowest BCUT2D eigenvalue weighted by Gasteiger charge is -2.15. The second-order valence-electron chi connectivity index (χ2n) is 5.05. The van der Waals surface area contributed by atoms with Crippen LogP contribution in [-0.2, 0) is 17.8 Å². The maximum absolute atomic E-state index is 12.3. The zero-order valence-corrected chi connectivity index (χ0v) is 12.3. The Morgan fingerprint density at radius 1 is 1.23 bits per heavy atom. The number of carbonyl (C=O) groups excluding carboxylic acids is 2. The lowest BCUT2D eigenvalue weighted by atomic mass is 10.1. The molecule has 2 heterocycles. The Morgan fingerprint density at radius 3 is 2.82 bits per heavy atom. The number of ether oxygens (including phenoxy) is 1. The summed E-state index contributed by atoms with van der Waals surface area (Å²) in [6.07, 6.45) is 0. The van der Waals surface area contributed by atoms with Crippen LogP contribution in [0.3, 0.4) is 0 Å². The summed E-state index contributed by atoms with van der Waals surface area (Å²) in [5.74, 6) is -0.445. The van der Waals surface area contributed by atoms with E-state index in [0.717, 1.165) is 11.1 Å². The summed E-state index contributed by atoms with van der Waals surface area (Å²) in [5.41, 5.74) is 2.70. The first-order valence-electron chi connectivity index (χ1n) is 7.19. The number of benzene rings is 1. The van der Waals surface area contributed by atoms with E-state index in [2.05, 4.69) is 4.98 Å². The fourth-order valence-corrected chi connectivity index (χ4v) is 2.52. The van der Waals surface area contributed by atoms with Crippen molar-refractivity contribution in [1.82, 2.24) is 9.88 Å². The molecule has 1 aliphatic heterocycles. The van der Waals surface area contributed by atoms with Crippen LogP contribution in [0.4, 0.5) is 0 Å². The predicted molar refractivity (Wildman–Crippen MR) is 80.2 cm³/mol. The van der Waals surface area contributed by atoms with Crippen LogP contribution in [0.1, 0.15) is 39.0 Å². The van der Waals surface area contributed by atoms with Gasteiger partial charge >= 0.3 is 5.97 Å². The standard InChI is InChI=1S/C17H16N2O3/c1-2-22-17(21)15-9-5-7-13(18-15)11-19-10-12-6-3-4-8-14(12)16(19)20/h3-9H,2,10-11H2,1H3. The highest BCUT2D eigenvalue weighted by Gasteiger charge is 2.27. The van der Waals surface area contributed by atoms with Gasteiger partial charge in [-0.3, -0.25) is 4.79 Å². The van der Waals surface area contributed by atoms with Crippen LogP contribution in [0.25, 0.3) is 0 Å². The van der Waals surface area contributed by atoms with E-state index in [1.165, 1.54) is 0 Å². The smallest absolute Gasteiger partial charge is 0.356 e. The molecule has 1 aromatic heterocycles. The van der Waals surface area contributed by atoms with Crippen LogP contribution >= 0.6 is 0 Å². The molecule has 2 aromatic rings. The van der Waals surface area contributed by atoms with Crippen LogP contribution in [0, 0.1) is 0 Å². The highest BCUT2D eigenvalue weighted by Crippen LogP contribution is 2.23. The molecule has 1 aliphatic rings. The number of esters is 1. The van der Waals surface area contributed by atoms with Crippen molar-refractivity contribution in [1.29, 1.82) is 0 Å². The number of pyridine rings is 1. The molecule has 0 unspecified atom stereocenters. The molecule has 3 rings (SSSR count). The average Bonchev–Trinajstić information content (AvgIpc) is 2.84. The van der Waals surface area contributed by atoms with Gasteiger partial charge in [0.15, 0.2) is 0 Å². The van der Waals surface area contributed by atoms with Gasteiger partial charge in [0.05, 0.1) is 18.8 Å². The molecule has 0 saturated heterocycles. The van der Waals surface area contributed by atoms with Crippen molar-refractivity contribution >= 4 is 11.9 Å². The van der Waals surface area contributed by atoms with E-state index in [-0.39, 0.29) is 11.6 Å². The summed E-state index contributed by atoms with van der Waals surface area (Å²) in [6.45, 7) is 3.01. The predicted octanol–water partition coefficient (Wildman–Crippen LogP) is 2.41. The topological polar surface area (TPSA) is 59.5 Å². The Morgan fingerprint density at radius 2 is 2.05 bits per heavy atom. The Hall–Kier alpha value is -2.69. The molecule has 0 fully saturated rings. The van der Waals surface area contributed by atoms with Crippen LogP contribution < -0.4 is 0 Å². The van der Waals surface area contributed by atoms with Crippen molar-refractivity contribution in [2.75, 3.05) is 6.61 Å². The molecule has 5 heteroatoms. The maximum atomic E-state index is 12.3. The van der Waals surface area contributed by atoms with Crippen molar-refractivity contribution in [3.8, 4) is 0 Å². The highest BCUT2D eigenvalue weighted by atomic mass is 16.5. The van der Waals surface area contributed by atoms with Gasteiger partial charge in [0.1, 0.15) is 5.69 Å². The quantitative estimate of drug-likeness (QED) is 0.813. The van der Waals surface area contributed by atoms with Gasteiger partial charge in [-0.05, 0) is 30.7 Å². The third-order valence-corrected chi connectivity index (χ3v) is 3.54. The average molecular weight is 296 g/mol. The molecule has 112 valence electrons. The van der Waals surface area contributed by atoms with Gasteiger partial charge in [-0.15, -0.1) is 0 Å². The Labute approximate surface area is 128 Å². The lowest BCUT2D eigenvalue weighted by Crippen LogP contribution is -2.24. The molecule has 0 aliphatic carbocycles. The van der Waals surface area contributed by atoms with Crippen molar-refractivity contribution < 1.29 is 14.3 Å². The molecule has 0 saturated carbocycles. The largest absolute Gasteiger partial charge is 0.461 e. The highest BCUT2D eigenvalue weighted by molar-refractivity contribution is 5.98. The van der Waals surface area contributed by atoms with Gasteiger partial charge in [0, 0.05) is 12.1 Å². The third-order valence-electron chi connectivity index (χ3n) is 3.54. The summed E-state index contributed by atoms with van der Waals surface area (Å²) >= 11 is 0. The Balaban J connectivity index is 1.76. The molecular weight excluding hydrogens is 280 g/mol. The summed E-state index contributed by atoms with van der Waals surface area (Å²) in [5, 5.41) is 0. The minimum absolute atomic E-state index is 0.000984. The number of aromatic nitrogens is 1. The van der Waals surface area contributed by atoms with E-state index in [9.17, 15) is 9.59 Å². The summed E-state index contributed by atoms with van der Waals surface area (Å²) < 4.78 is 4.94. The van der Waals surface area contributed by atoms with Crippen molar-refractivity contribution in [3.63, 3.8) is 0 Å².